The third-order valence-corrected chi connectivity index (χ3v) is 4.25. The van der Waals surface area contributed by atoms with Crippen molar-refractivity contribution in [2.45, 2.75) is 32.4 Å². The van der Waals surface area contributed by atoms with E-state index in [1.54, 1.807) is 0 Å². The summed E-state index contributed by atoms with van der Waals surface area (Å²) < 4.78 is 1.24. The lowest BCUT2D eigenvalue weighted by molar-refractivity contribution is 0.187. The summed E-state index contributed by atoms with van der Waals surface area (Å²) in [6.45, 7) is 5.57. The van der Waals surface area contributed by atoms with E-state index >= 15 is 0 Å². The number of halogens is 1. The van der Waals surface area contributed by atoms with Crippen LogP contribution in [0.25, 0.3) is 0 Å². The first-order valence-corrected chi connectivity index (χ1v) is 7.13. The van der Waals surface area contributed by atoms with E-state index in [1.807, 2.05) is 0 Å². The zero-order valence-electron chi connectivity index (χ0n) is 10.7. The van der Waals surface area contributed by atoms with Gasteiger partial charge in [-0.3, -0.25) is 4.90 Å². The van der Waals surface area contributed by atoms with Gasteiger partial charge in [-0.05, 0) is 50.6 Å². The molecule has 1 aliphatic rings. The molecule has 1 unspecified atom stereocenters. The first kappa shape index (κ1) is 13.1. The largest absolute Gasteiger partial charge is 0.316 e. The second-order valence-electron chi connectivity index (χ2n) is 4.96. The van der Waals surface area contributed by atoms with Crippen molar-refractivity contribution in [1.29, 1.82) is 0 Å². The van der Waals surface area contributed by atoms with Gasteiger partial charge in [0, 0.05) is 23.6 Å². The van der Waals surface area contributed by atoms with E-state index in [2.05, 4.69) is 58.3 Å². The number of aryl methyl sites for hydroxylation is 1. The Balaban J connectivity index is 2.00. The van der Waals surface area contributed by atoms with Gasteiger partial charge in [0.1, 0.15) is 0 Å². The predicted molar refractivity (Wildman–Crippen MR) is 76.2 cm³/mol. The SMILES string of the molecule is CNC1CCCN(Cc2ccc(C)cc2Br)C1. The molecule has 17 heavy (non-hydrogen) atoms. The minimum Gasteiger partial charge on any atom is -0.316 e. The summed E-state index contributed by atoms with van der Waals surface area (Å²) in [5, 5.41) is 3.39. The molecule has 1 aliphatic heterocycles. The smallest absolute Gasteiger partial charge is 0.0245 e. The molecule has 1 aromatic carbocycles. The maximum atomic E-state index is 3.66. The van der Waals surface area contributed by atoms with E-state index in [-0.39, 0.29) is 0 Å². The average molecular weight is 297 g/mol. The van der Waals surface area contributed by atoms with E-state index in [9.17, 15) is 0 Å². The van der Waals surface area contributed by atoms with Crippen LogP contribution in [-0.4, -0.2) is 31.1 Å². The molecule has 1 heterocycles. The van der Waals surface area contributed by atoms with Crippen molar-refractivity contribution in [2.75, 3.05) is 20.1 Å². The Hall–Kier alpha value is -0.380. The van der Waals surface area contributed by atoms with Gasteiger partial charge < -0.3 is 5.32 Å². The molecule has 1 atom stereocenters. The molecule has 2 nitrogen and oxygen atoms in total. The Morgan fingerprint density at radius 3 is 3.00 bits per heavy atom. The lowest BCUT2D eigenvalue weighted by Gasteiger charge is -2.32. The lowest BCUT2D eigenvalue weighted by Crippen LogP contribution is -2.43. The van der Waals surface area contributed by atoms with Crippen molar-refractivity contribution in [2.24, 2.45) is 0 Å². The van der Waals surface area contributed by atoms with Crippen LogP contribution in [0.5, 0.6) is 0 Å². The van der Waals surface area contributed by atoms with E-state index in [4.69, 9.17) is 0 Å². The normalized spacial score (nSPS) is 21.7. The predicted octanol–water partition coefficient (Wildman–Crippen LogP) is 2.94. The summed E-state index contributed by atoms with van der Waals surface area (Å²) in [5.74, 6) is 0. The second-order valence-corrected chi connectivity index (χ2v) is 5.81. The molecular formula is C14H21BrN2. The topological polar surface area (TPSA) is 15.3 Å². The molecule has 1 aromatic rings. The van der Waals surface area contributed by atoms with E-state index in [0.717, 1.165) is 13.1 Å². The maximum absolute atomic E-state index is 3.66. The van der Waals surface area contributed by atoms with Gasteiger partial charge in [0.25, 0.3) is 0 Å². The van der Waals surface area contributed by atoms with Gasteiger partial charge >= 0.3 is 0 Å². The third kappa shape index (κ3) is 3.54. The number of rotatable bonds is 3. The molecule has 0 aliphatic carbocycles. The minimum absolute atomic E-state index is 0.660. The summed E-state index contributed by atoms with van der Waals surface area (Å²) in [4.78, 5) is 2.54. The van der Waals surface area contributed by atoms with Gasteiger partial charge in [-0.15, -0.1) is 0 Å². The highest BCUT2D eigenvalue weighted by molar-refractivity contribution is 9.10. The number of piperidine rings is 1. The van der Waals surface area contributed by atoms with Crippen molar-refractivity contribution in [1.82, 2.24) is 10.2 Å². The van der Waals surface area contributed by atoms with Crippen LogP contribution in [0, 0.1) is 6.92 Å². The molecule has 2 rings (SSSR count). The molecule has 94 valence electrons. The van der Waals surface area contributed by atoms with E-state index < -0.39 is 0 Å². The van der Waals surface area contributed by atoms with Crippen molar-refractivity contribution in [3.63, 3.8) is 0 Å². The van der Waals surface area contributed by atoms with Crippen LogP contribution in [0.2, 0.25) is 0 Å². The number of likely N-dealkylation sites (N-methyl/N-ethyl adjacent to an activating group) is 1. The Kier molecular flexibility index (Phi) is 4.60. The van der Waals surface area contributed by atoms with Gasteiger partial charge in [0.15, 0.2) is 0 Å². The van der Waals surface area contributed by atoms with Gasteiger partial charge in [-0.1, -0.05) is 28.1 Å². The fourth-order valence-corrected chi connectivity index (χ4v) is 3.07. The highest BCUT2D eigenvalue weighted by Gasteiger charge is 2.18. The van der Waals surface area contributed by atoms with Crippen molar-refractivity contribution in [3.8, 4) is 0 Å². The van der Waals surface area contributed by atoms with Crippen LogP contribution < -0.4 is 5.32 Å². The average Bonchev–Trinajstić information content (AvgIpc) is 2.33. The van der Waals surface area contributed by atoms with Gasteiger partial charge in [-0.2, -0.15) is 0 Å². The van der Waals surface area contributed by atoms with Gasteiger partial charge in [0.2, 0.25) is 0 Å². The zero-order chi connectivity index (χ0) is 12.3. The monoisotopic (exact) mass is 296 g/mol. The number of benzene rings is 1. The Labute approximate surface area is 113 Å². The zero-order valence-corrected chi connectivity index (χ0v) is 12.3. The summed E-state index contributed by atoms with van der Waals surface area (Å²) >= 11 is 3.66. The molecular weight excluding hydrogens is 276 g/mol. The molecule has 0 aromatic heterocycles. The highest BCUT2D eigenvalue weighted by atomic mass is 79.9. The lowest BCUT2D eigenvalue weighted by atomic mass is 10.0. The first-order valence-electron chi connectivity index (χ1n) is 6.33. The molecule has 1 fully saturated rings. The standard InChI is InChI=1S/C14H21BrN2/c1-11-5-6-12(14(15)8-11)9-17-7-3-4-13(10-17)16-2/h5-6,8,13,16H,3-4,7,9-10H2,1-2H3. The van der Waals surface area contributed by atoms with Crippen molar-refractivity contribution >= 4 is 15.9 Å². The number of nitrogens with zero attached hydrogens (tertiary/aromatic N) is 1. The first-order chi connectivity index (χ1) is 8.19. The quantitative estimate of drug-likeness (QED) is 0.923. The highest BCUT2D eigenvalue weighted by Crippen LogP contribution is 2.21. The fraction of sp³-hybridized carbons (Fsp3) is 0.571. The summed E-state index contributed by atoms with van der Waals surface area (Å²) in [5.41, 5.74) is 2.71. The summed E-state index contributed by atoms with van der Waals surface area (Å²) in [7, 11) is 2.07. The van der Waals surface area contributed by atoms with Crippen molar-refractivity contribution in [3.05, 3.63) is 33.8 Å². The van der Waals surface area contributed by atoms with Crippen LogP contribution in [0.15, 0.2) is 22.7 Å². The molecule has 1 N–H and O–H groups in total. The molecule has 0 spiro atoms. The molecule has 0 amide bonds. The van der Waals surface area contributed by atoms with Crippen LogP contribution >= 0.6 is 15.9 Å². The second kappa shape index (κ2) is 5.98. The Bertz CT molecular complexity index is 378. The fourth-order valence-electron chi connectivity index (χ4n) is 2.46. The minimum atomic E-state index is 0.660. The summed E-state index contributed by atoms with van der Waals surface area (Å²) in [6, 6.07) is 7.30. The third-order valence-electron chi connectivity index (χ3n) is 3.52. The van der Waals surface area contributed by atoms with E-state index in [1.165, 1.54) is 35.0 Å². The summed E-state index contributed by atoms with van der Waals surface area (Å²) in [6.07, 6.45) is 2.61. The molecule has 3 heteroatoms. The van der Waals surface area contributed by atoms with Gasteiger partial charge in [0.05, 0.1) is 0 Å². The van der Waals surface area contributed by atoms with Gasteiger partial charge in [-0.25, -0.2) is 0 Å². The number of hydrogen-bond acceptors (Lipinski definition) is 2. The van der Waals surface area contributed by atoms with Crippen molar-refractivity contribution < 1.29 is 0 Å². The molecule has 0 saturated carbocycles. The van der Waals surface area contributed by atoms with Crippen LogP contribution in [0.1, 0.15) is 24.0 Å². The molecule has 0 bridgehead atoms. The van der Waals surface area contributed by atoms with Crippen LogP contribution in [0.3, 0.4) is 0 Å². The van der Waals surface area contributed by atoms with Crippen LogP contribution in [-0.2, 0) is 6.54 Å². The molecule has 1 saturated heterocycles. The van der Waals surface area contributed by atoms with E-state index in [0.29, 0.717) is 6.04 Å². The Morgan fingerprint density at radius 1 is 1.47 bits per heavy atom. The maximum Gasteiger partial charge on any atom is 0.0245 e. The number of likely N-dealkylation sites (tertiary alicyclic amines) is 1. The Morgan fingerprint density at radius 2 is 2.29 bits per heavy atom. The molecule has 0 radical (unpaired) electrons. The number of nitrogens with one attached hydrogen (secondary N) is 1. The van der Waals surface area contributed by atoms with Crippen LogP contribution in [0.4, 0.5) is 0 Å². The number of hydrogen-bond donors (Lipinski definition) is 1.